The highest BCUT2D eigenvalue weighted by atomic mass is 79.9. The summed E-state index contributed by atoms with van der Waals surface area (Å²) in [4.78, 5) is 0.971. The van der Waals surface area contributed by atoms with Gasteiger partial charge in [0, 0.05) is 4.88 Å². The van der Waals surface area contributed by atoms with Crippen LogP contribution in [0.25, 0.3) is 0 Å². The minimum atomic E-state index is -0.545. The fraction of sp³-hybridized carbons (Fsp3) is 0.333. The Morgan fingerprint density at radius 1 is 1.11 bits per heavy atom. The van der Waals surface area contributed by atoms with Gasteiger partial charge in [0.2, 0.25) is 0 Å². The Bertz CT molecular complexity index is 539. The summed E-state index contributed by atoms with van der Waals surface area (Å²) in [6, 6.07) is 12.1. The predicted octanol–water partition coefficient (Wildman–Crippen LogP) is 4.89. The molecule has 1 aromatic heterocycles. The fourth-order valence-electron chi connectivity index (χ4n) is 2.05. The van der Waals surface area contributed by atoms with Crippen LogP contribution in [0.4, 0.5) is 0 Å². The molecule has 1 aromatic carbocycles. The third-order valence-corrected chi connectivity index (χ3v) is 4.60. The SMILES string of the molecule is CC(C)(C)c1ccccc1C(O)c1ccc(Br)s1. The molecule has 0 saturated heterocycles. The van der Waals surface area contributed by atoms with Crippen LogP contribution in [-0.2, 0) is 5.41 Å². The van der Waals surface area contributed by atoms with E-state index in [0.717, 1.165) is 14.2 Å². The van der Waals surface area contributed by atoms with Crippen molar-refractivity contribution in [3.8, 4) is 0 Å². The number of hydrogen-bond acceptors (Lipinski definition) is 2. The molecule has 0 amide bonds. The molecule has 0 aliphatic carbocycles. The topological polar surface area (TPSA) is 20.2 Å². The monoisotopic (exact) mass is 324 g/mol. The van der Waals surface area contributed by atoms with E-state index in [1.165, 1.54) is 5.56 Å². The van der Waals surface area contributed by atoms with Gasteiger partial charge in [-0.3, -0.25) is 0 Å². The van der Waals surface area contributed by atoms with Crippen molar-refractivity contribution in [3.63, 3.8) is 0 Å². The highest BCUT2D eigenvalue weighted by Crippen LogP contribution is 2.36. The fourth-order valence-corrected chi connectivity index (χ4v) is 3.48. The van der Waals surface area contributed by atoms with E-state index in [-0.39, 0.29) is 5.41 Å². The van der Waals surface area contributed by atoms with Crippen LogP contribution in [0.3, 0.4) is 0 Å². The van der Waals surface area contributed by atoms with E-state index >= 15 is 0 Å². The van der Waals surface area contributed by atoms with E-state index in [2.05, 4.69) is 42.8 Å². The summed E-state index contributed by atoms with van der Waals surface area (Å²) in [6.07, 6.45) is -0.545. The lowest BCUT2D eigenvalue weighted by Crippen LogP contribution is -2.16. The van der Waals surface area contributed by atoms with Gasteiger partial charge in [-0.25, -0.2) is 0 Å². The Hall–Kier alpha value is -0.640. The second-order valence-corrected chi connectivity index (χ2v) is 7.88. The number of halogens is 1. The Kier molecular flexibility index (Phi) is 3.95. The molecular weight excluding hydrogens is 308 g/mol. The summed E-state index contributed by atoms with van der Waals surface area (Å²) < 4.78 is 1.05. The number of rotatable bonds is 2. The number of benzene rings is 1. The quantitative estimate of drug-likeness (QED) is 0.833. The molecule has 0 radical (unpaired) electrons. The van der Waals surface area contributed by atoms with E-state index in [1.807, 2.05) is 30.3 Å². The normalized spacial score (nSPS) is 13.6. The number of aliphatic hydroxyl groups is 1. The summed E-state index contributed by atoms with van der Waals surface area (Å²) in [7, 11) is 0. The Morgan fingerprint density at radius 2 is 1.78 bits per heavy atom. The Balaban J connectivity index is 2.45. The first-order chi connectivity index (χ1) is 8.39. The van der Waals surface area contributed by atoms with Crippen molar-refractivity contribution in [1.29, 1.82) is 0 Å². The van der Waals surface area contributed by atoms with Gasteiger partial charge in [0.1, 0.15) is 6.10 Å². The molecule has 0 aliphatic heterocycles. The number of aliphatic hydroxyl groups excluding tert-OH is 1. The third kappa shape index (κ3) is 2.85. The molecule has 1 heterocycles. The van der Waals surface area contributed by atoms with Crippen molar-refractivity contribution >= 4 is 27.3 Å². The van der Waals surface area contributed by atoms with E-state index < -0.39 is 6.10 Å². The van der Waals surface area contributed by atoms with Crippen LogP contribution >= 0.6 is 27.3 Å². The molecule has 1 atom stereocenters. The predicted molar refractivity (Wildman–Crippen MR) is 81.2 cm³/mol. The van der Waals surface area contributed by atoms with Gasteiger partial charge in [0.05, 0.1) is 3.79 Å². The first-order valence-electron chi connectivity index (χ1n) is 5.92. The summed E-state index contributed by atoms with van der Waals surface area (Å²) >= 11 is 5.02. The van der Waals surface area contributed by atoms with Crippen LogP contribution in [0.2, 0.25) is 0 Å². The number of thiophene rings is 1. The molecule has 2 aromatic rings. The first-order valence-corrected chi connectivity index (χ1v) is 7.53. The molecule has 0 aliphatic rings. The minimum Gasteiger partial charge on any atom is -0.383 e. The molecule has 0 spiro atoms. The summed E-state index contributed by atoms with van der Waals surface area (Å²) in [5.41, 5.74) is 2.23. The minimum absolute atomic E-state index is 0.0338. The standard InChI is InChI=1S/C15H17BrOS/c1-15(2,3)11-7-5-4-6-10(11)14(17)12-8-9-13(16)18-12/h4-9,14,17H,1-3H3. The molecule has 1 N–H and O–H groups in total. The van der Waals surface area contributed by atoms with Crippen molar-refractivity contribution in [2.75, 3.05) is 0 Å². The van der Waals surface area contributed by atoms with E-state index in [0.29, 0.717) is 0 Å². The van der Waals surface area contributed by atoms with Gasteiger partial charge < -0.3 is 5.11 Å². The Labute approximate surface area is 121 Å². The van der Waals surface area contributed by atoms with Gasteiger partial charge in [-0.05, 0) is 44.6 Å². The second kappa shape index (κ2) is 5.16. The van der Waals surface area contributed by atoms with Crippen molar-refractivity contribution in [1.82, 2.24) is 0 Å². The Morgan fingerprint density at radius 3 is 2.33 bits per heavy atom. The molecule has 1 unspecified atom stereocenters. The highest BCUT2D eigenvalue weighted by molar-refractivity contribution is 9.11. The smallest absolute Gasteiger partial charge is 0.114 e. The number of hydrogen-bond donors (Lipinski definition) is 1. The van der Waals surface area contributed by atoms with Crippen LogP contribution in [0.5, 0.6) is 0 Å². The third-order valence-electron chi connectivity index (χ3n) is 2.93. The zero-order chi connectivity index (χ0) is 13.3. The van der Waals surface area contributed by atoms with Crippen LogP contribution in [0.1, 0.15) is 42.9 Å². The maximum absolute atomic E-state index is 10.5. The van der Waals surface area contributed by atoms with E-state index in [4.69, 9.17) is 0 Å². The average Bonchev–Trinajstić information content (AvgIpc) is 2.74. The van der Waals surface area contributed by atoms with E-state index in [1.54, 1.807) is 11.3 Å². The summed E-state index contributed by atoms with van der Waals surface area (Å²) in [5, 5.41) is 10.5. The molecule has 18 heavy (non-hydrogen) atoms. The zero-order valence-electron chi connectivity index (χ0n) is 10.8. The summed E-state index contributed by atoms with van der Waals surface area (Å²) in [6.45, 7) is 6.51. The molecule has 1 nitrogen and oxygen atoms in total. The van der Waals surface area contributed by atoms with Gasteiger partial charge in [-0.2, -0.15) is 0 Å². The van der Waals surface area contributed by atoms with Crippen molar-refractivity contribution in [2.24, 2.45) is 0 Å². The lowest BCUT2D eigenvalue weighted by Gasteiger charge is -2.24. The lowest BCUT2D eigenvalue weighted by atomic mass is 9.82. The van der Waals surface area contributed by atoms with Crippen LogP contribution in [-0.4, -0.2) is 5.11 Å². The summed E-state index contributed by atoms with van der Waals surface area (Å²) in [5.74, 6) is 0. The zero-order valence-corrected chi connectivity index (χ0v) is 13.2. The lowest BCUT2D eigenvalue weighted by molar-refractivity contribution is 0.221. The van der Waals surface area contributed by atoms with Crippen LogP contribution < -0.4 is 0 Å². The first kappa shape index (κ1) is 13.8. The highest BCUT2D eigenvalue weighted by Gasteiger charge is 2.22. The molecule has 2 rings (SSSR count). The average molecular weight is 325 g/mol. The van der Waals surface area contributed by atoms with Crippen LogP contribution in [0.15, 0.2) is 40.2 Å². The van der Waals surface area contributed by atoms with Gasteiger partial charge in [-0.15, -0.1) is 11.3 Å². The largest absolute Gasteiger partial charge is 0.383 e. The van der Waals surface area contributed by atoms with Gasteiger partial charge in [-0.1, -0.05) is 45.0 Å². The molecular formula is C15H17BrOS. The van der Waals surface area contributed by atoms with Gasteiger partial charge in [0.15, 0.2) is 0 Å². The van der Waals surface area contributed by atoms with Crippen molar-refractivity contribution in [2.45, 2.75) is 32.3 Å². The molecule has 0 saturated carbocycles. The van der Waals surface area contributed by atoms with Crippen molar-refractivity contribution in [3.05, 3.63) is 56.2 Å². The van der Waals surface area contributed by atoms with Crippen molar-refractivity contribution < 1.29 is 5.11 Å². The van der Waals surface area contributed by atoms with Crippen LogP contribution in [0, 0.1) is 0 Å². The van der Waals surface area contributed by atoms with Gasteiger partial charge in [0.25, 0.3) is 0 Å². The molecule has 96 valence electrons. The maximum atomic E-state index is 10.5. The second-order valence-electron chi connectivity index (χ2n) is 5.38. The molecule has 0 bridgehead atoms. The van der Waals surface area contributed by atoms with Gasteiger partial charge >= 0.3 is 0 Å². The molecule has 3 heteroatoms. The maximum Gasteiger partial charge on any atom is 0.114 e. The van der Waals surface area contributed by atoms with E-state index in [9.17, 15) is 5.11 Å². The molecule has 0 fully saturated rings.